The van der Waals surface area contributed by atoms with Gasteiger partial charge in [-0.15, -0.1) is 0 Å². The van der Waals surface area contributed by atoms with Gasteiger partial charge in [-0.1, -0.05) is 0 Å². The van der Waals surface area contributed by atoms with Crippen molar-refractivity contribution in [1.82, 2.24) is 14.8 Å². The maximum atomic E-state index is 11.8. The molecule has 0 aliphatic heterocycles. The minimum atomic E-state index is -0.526. The summed E-state index contributed by atoms with van der Waals surface area (Å²) in [5, 5.41) is 6.41. The van der Waals surface area contributed by atoms with Crippen LogP contribution in [0.15, 0.2) is 29.5 Å². The van der Waals surface area contributed by atoms with Gasteiger partial charge >= 0.3 is 0 Å². The van der Waals surface area contributed by atoms with Gasteiger partial charge in [0.1, 0.15) is 5.56 Å². The number of nitrogen functional groups attached to an aromatic ring is 1. The second-order valence-corrected chi connectivity index (χ2v) is 3.45. The second kappa shape index (κ2) is 4.12. The lowest BCUT2D eigenvalue weighted by Crippen LogP contribution is -2.22. The lowest BCUT2D eigenvalue weighted by Gasteiger charge is -2.05. The number of anilines is 2. The third kappa shape index (κ3) is 2.03. The van der Waals surface area contributed by atoms with Crippen LogP contribution in [0.4, 0.5) is 11.5 Å². The van der Waals surface area contributed by atoms with Crippen molar-refractivity contribution in [3.05, 3.63) is 40.4 Å². The summed E-state index contributed by atoms with van der Waals surface area (Å²) in [7, 11) is 1.64. The number of pyridine rings is 1. The molecule has 0 aromatic carbocycles. The topological polar surface area (TPSA) is 106 Å². The van der Waals surface area contributed by atoms with Crippen molar-refractivity contribution in [3.63, 3.8) is 0 Å². The summed E-state index contributed by atoms with van der Waals surface area (Å²) in [5.41, 5.74) is 5.62. The predicted octanol–water partition coefficient (Wildman–Crippen LogP) is -0.0571. The third-order valence-corrected chi connectivity index (χ3v) is 2.27. The number of hydrogen-bond donors (Lipinski definition) is 3. The van der Waals surface area contributed by atoms with Gasteiger partial charge in [-0.25, -0.2) is 0 Å². The van der Waals surface area contributed by atoms with Gasteiger partial charge in [0.15, 0.2) is 11.2 Å². The Morgan fingerprint density at radius 2 is 2.35 bits per heavy atom. The van der Waals surface area contributed by atoms with E-state index in [1.54, 1.807) is 7.05 Å². The number of hydrogen-bond acceptors (Lipinski definition) is 4. The Balaban J connectivity index is 2.30. The van der Waals surface area contributed by atoms with Gasteiger partial charge in [0.25, 0.3) is 5.91 Å². The summed E-state index contributed by atoms with van der Waals surface area (Å²) in [6.07, 6.45) is 4.21. The molecule has 0 atom stereocenters. The standard InChI is InChI=1S/C10H11N5O2/c1-15-9(7(11)5-13-15)14-10(17)6-4-12-3-2-8(6)16/h2-5H,11H2,1H3,(H,12,16)(H,14,17). The van der Waals surface area contributed by atoms with Crippen LogP contribution in [0.2, 0.25) is 0 Å². The van der Waals surface area contributed by atoms with Crippen molar-refractivity contribution >= 4 is 17.4 Å². The smallest absolute Gasteiger partial charge is 0.262 e. The van der Waals surface area contributed by atoms with Crippen molar-refractivity contribution in [2.45, 2.75) is 0 Å². The number of nitrogens with zero attached hydrogens (tertiary/aromatic N) is 2. The van der Waals surface area contributed by atoms with Crippen LogP contribution in [0.5, 0.6) is 0 Å². The number of aryl methyl sites for hydroxylation is 1. The van der Waals surface area contributed by atoms with Crippen LogP contribution in [0.3, 0.4) is 0 Å². The molecule has 88 valence electrons. The average Bonchev–Trinajstić information content (AvgIpc) is 2.61. The van der Waals surface area contributed by atoms with Gasteiger partial charge in [0.2, 0.25) is 0 Å². The highest BCUT2D eigenvalue weighted by Crippen LogP contribution is 2.16. The summed E-state index contributed by atoms with van der Waals surface area (Å²) >= 11 is 0. The molecular formula is C10H11N5O2. The zero-order chi connectivity index (χ0) is 12.4. The molecule has 1 amide bonds. The molecule has 0 aliphatic carbocycles. The lowest BCUT2D eigenvalue weighted by atomic mass is 10.2. The molecule has 0 bridgehead atoms. The van der Waals surface area contributed by atoms with Crippen molar-refractivity contribution in [3.8, 4) is 0 Å². The van der Waals surface area contributed by atoms with E-state index in [9.17, 15) is 9.59 Å². The minimum absolute atomic E-state index is 0.0214. The van der Waals surface area contributed by atoms with Crippen LogP contribution in [-0.2, 0) is 7.05 Å². The van der Waals surface area contributed by atoms with Crippen molar-refractivity contribution in [1.29, 1.82) is 0 Å². The van der Waals surface area contributed by atoms with Gasteiger partial charge in [-0.2, -0.15) is 5.10 Å². The molecule has 2 aromatic rings. The number of nitrogens with two attached hydrogens (primary N) is 1. The SMILES string of the molecule is Cn1ncc(N)c1NC(=O)c1c[nH]ccc1=O. The first-order chi connectivity index (χ1) is 8.09. The van der Waals surface area contributed by atoms with Crippen LogP contribution in [-0.4, -0.2) is 20.7 Å². The van der Waals surface area contributed by atoms with E-state index >= 15 is 0 Å². The summed E-state index contributed by atoms with van der Waals surface area (Å²) in [4.78, 5) is 25.9. The summed E-state index contributed by atoms with van der Waals surface area (Å²) in [6, 6.07) is 1.28. The molecule has 17 heavy (non-hydrogen) atoms. The molecule has 2 heterocycles. The first-order valence-corrected chi connectivity index (χ1v) is 4.85. The molecule has 0 spiro atoms. The first kappa shape index (κ1) is 10.9. The van der Waals surface area contributed by atoms with Gasteiger partial charge in [0, 0.05) is 25.5 Å². The molecule has 0 saturated carbocycles. The largest absolute Gasteiger partial charge is 0.394 e. The van der Waals surface area contributed by atoms with E-state index < -0.39 is 5.91 Å². The third-order valence-electron chi connectivity index (χ3n) is 2.27. The van der Waals surface area contributed by atoms with Gasteiger partial charge in [0.05, 0.1) is 11.9 Å². The molecule has 0 saturated heterocycles. The van der Waals surface area contributed by atoms with Gasteiger partial charge < -0.3 is 16.0 Å². The monoisotopic (exact) mass is 233 g/mol. The highest BCUT2D eigenvalue weighted by atomic mass is 16.2. The zero-order valence-corrected chi connectivity index (χ0v) is 9.10. The Morgan fingerprint density at radius 3 is 2.94 bits per heavy atom. The molecule has 7 nitrogen and oxygen atoms in total. The lowest BCUT2D eigenvalue weighted by molar-refractivity contribution is 0.102. The highest BCUT2D eigenvalue weighted by molar-refractivity contribution is 6.04. The summed E-state index contributed by atoms with van der Waals surface area (Å²) in [5.74, 6) is -0.166. The fourth-order valence-corrected chi connectivity index (χ4v) is 1.38. The molecular weight excluding hydrogens is 222 g/mol. The van der Waals surface area contributed by atoms with E-state index in [-0.39, 0.29) is 11.0 Å². The number of carbonyl (C=O) groups is 1. The van der Waals surface area contributed by atoms with Crippen LogP contribution >= 0.6 is 0 Å². The predicted molar refractivity (Wildman–Crippen MR) is 62.6 cm³/mol. The number of rotatable bonds is 2. The average molecular weight is 233 g/mol. The maximum Gasteiger partial charge on any atom is 0.262 e. The number of carbonyl (C=O) groups excluding carboxylic acids is 1. The number of aromatic nitrogens is 3. The molecule has 2 rings (SSSR count). The molecule has 0 aliphatic rings. The van der Waals surface area contributed by atoms with E-state index in [4.69, 9.17) is 5.73 Å². The van der Waals surface area contributed by atoms with Gasteiger partial charge in [-0.05, 0) is 0 Å². The first-order valence-electron chi connectivity index (χ1n) is 4.85. The van der Waals surface area contributed by atoms with Crippen LogP contribution in [0.1, 0.15) is 10.4 Å². The number of amides is 1. The molecule has 0 fully saturated rings. The van der Waals surface area contributed by atoms with E-state index in [0.717, 1.165) is 0 Å². The van der Waals surface area contributed by atoms with Gasteiger partial charge in [-0.3, -0.25) is 14.3 Å². The Labute approximate surface area is 96.3 Å². The van der Waals surface area contributed by atoms with E-state index in [1.165, 1.54) is 29.3 Å². The Kier molecular flexibility index (Phi) is 2.65. The molecule has 2 aromatic heterocycles. The highest BCUT2D eigenvalue weighted by Gasteiger charge is 2.13. The fraction of sp³-hybridized carbons (Fsp3) is 0.100. The van der Waals surface area contributed by atoms with Crippen molar-refractivity contribution < 1.29 is 4.79 Å². The van der Waals surface area contributed by atoms with Crippen molar-refractivity contribution in [2.24, 2.45) is 7.05 Å². The number of nitrogens with one attached hydrogen (secondary N) is 2. The Morgan fingerprint density at radius 1 is 1.59 bits per heavy atom. The molecule has 0 radical (unpaired) electrons. The van der Waals surface area contributed by atoms with Crippen LogP contribution < -0.4 is 16.5 Å². The Hall–Kier alpha value is -2.57. The number of H-pyrrole nitrogens is 1. The van der Waals surface area contributed by atoms with Crippen LogP contribution in [0.25, 0.3) is 0 Å². The van der Waals surface area contributed by atoms with Crippen molar-refractivity contribution in [2.75, 3.05) is 11.1 Å². The second-order valence-electron chi connectivity index (χ2n) is 3.45. The zero-order valence-electron chi connectivity index (χ0n) is 9.10. The molecule has 4 N–H and O–H groups in total. The summed E-state index contributed by atoms with van der Waals surface area (Å²) < 4.78 is 1.42. The van der Waals surface area contributed by atoms with Crippen LogP contribution in [0, 0.1) is 0 Å². The Bertz CT molecular complexity index is 594. The summed E-state index contributed by atoms with van der Waals surface area (Å²) in [6.45, 7) is 0. The van der Waals surface area contributed by atoms with E-state index in [2.05, 4.69) is 15.4 Å². The number of aromatic amines is 1. The van der Waals surface area contributed by atoms with E-state index in [0.29, 0.717) is 11.5 Å². The fourth-order valence-electron chi connectivity index (χ4n) is 1.38. The maximum absolute atomic E-state index is 11.8. The molecule has 0 unspecified atom stereocenters. The van der Waals surface area contributed by atoms with E-state index in [1.807, 2.05) is 0 Å². The molecule has 7 heteroatoms. The normalized spacial score (nSPS) is 10.2. The minimum Gasteiger partial charge on any atom is -0.394 e. The quantitative estimate of drug-likeness (QED) is 0.675.